The summed E-state index contributed by atoms with van der Waals surface area (Å²) in [7, 11) is 0. The third kappa shape index (κ3) is 1.87. The maximum absolute atomic E-state index is 3.46. The standard InChI is InChI=1S/C16H25N/c1(12-2-4-17-11-12)3-16-8-13-5-14(9-16)7-15(6-13)10-16/h1,13-15,17H,2-11H2/b12-1+. The van der Waals surface area contributed by atoms with E-state index in [1.54, 1.807) is 44.1 Å². The van der Waals surface area contributed by atoms with Gasteiger partial charge in [0, 0.05) is 6.54 Å². The van der Waals surface area contributed by atoms with Crippen molar-refractivity contribution >= 4 is 0 Å². The normalized spacial score (nSPS) is 50.4. The van der Waals surface area contributed by atoms with E-state index in [1.165, 1.54) is 25.9 Å². The first kappa shape index (κ1) is 10.6. The monoisotopic (exact) mass is 231 g/mol. The molecule has 0 aromatic heterocycles. The van der Waals surface area contributed by atoms with Crippen LogP contribution in [-0.2, 0) is 0 Å². The highest BCUT2D eigenvalue weighted by Gasteiger charge is 2.50. The van der Waals surface area contributed by atoms with Crippen LogP contribution in [0.15, 0.2) is 11.6 Å². The SMILES string of the molecule is C(/CC12CC3CC(CC(C3)C1)C2)=C1/CCNC1. The largest absolute Gasteiger partial charge is 0.313 e. The molecule has 4 saturated carbocycles. The Balaban J connectivity index is 1.50. The van der Waals surface area contributed by atoms with Crippen molar-refractivity contribution in [3.8, 4) is 0 Å². The summed E-state index contributed by atoms with van der Waals surface area (Å²) in [6.07, 6.45) is 14.8. The second kappa shape index (κ2) is 3.85. The van der Waals surface area contributed by atoms with E-state index in [0.29, 0.717) is 0 Å². The second-order valence-electron chi connectivity index (χ2n) is 7.41. The Morgan fingerprint density at radius 3 is 2.24 bits per heavy atom. The minimum absolute atomic E-state index is 0.754. The van der Waals surface area contributed by atoms with Crippen molar-refractivity contribution in [2.45, 2.75) is 51.4 Å². The summed E-state index contributed by atoms with van der Waals surface area (Å²) in [6, 6.07) is 0. The molecule has 94 valence electrons. The molecular formula is C16H25N. The van der Waals surface area contributed by atoms with E-state index < -0.39 is 0 Å². The lowest BCUT2D eigenvalue weighted by Crippen LogP contribution is -2.45. The summed E-state index contributed by atoms with van der Waals surface area (Å²) in [5.41, 5.74) is 2.45. The van der Waals surface area contributed by atoms with Crippen LogP contribution in [0.25, 0.3) is 0 Å². The molecule has 0 aromatic carbocycles. The predicted octanol–water partition coefficient (Wildman–Crippen LogP) is 3.51. The molecule has 0 unspecified atom stereocenters. The molecule has 1 saturated heterocycles. The lowest BCUT2D eigenvalue weighted by atomic mass is 9.49. The van der Waals surface area contributed by atoms with Crippen molar-refractivity contribution in [1.29, 1.82) is 0 Å². The van der Waals surface area contributed by atoms with E-state index in [-0.39, 0.29) is 0 Å². The van der Waals surface area contributed by atoms with Gasteiger partial charge in [0.1, 0.15) is 0 Å². The van der Waals surface area contributed by atoms with Crippen LogP contribution >= 0.6 is 0 Å². The second-order valence-corrected chi connectivity index (χ2v) is 7.41. The quantitative estimate of drug-likeness (QED) is 0.717. The zero-order chi connectivity index (χ0) is 11.3. The molecule has 0 aromatic rings. The molecule has 1 heteroatoms. The van der Waals surface area contributed by atoms with Crippen LogP contribution in [0.3, 0.4) is 0 Å². The lowest BCUT2D eigenvalue weighted by Gasteiger charge is -2.56. The Hall–Kier alpha value is -0.300. The van der Waals surface area contributed by atoms with Crippen LogP contribution in [0.1, 0.15) is 51.4 Å². The molecule has 5 aliphatic rings. The van der Waals surface area contributed by atoms with E-state index in [0.717, 1.165) is 23.2 Å². The van der Waals surface area contributed by atoms with E-state index in [9.17, 15) is 0 Å². The van der Waals surface area contributed by atoms with Crippen LogP contribution in [-0.4, -0.2) is 13.1 Å². The molecule has 17 heavy (non-hydrogen) atoms. The molecule has 5 rings (SSSR count). The number of hydrogen-bond donors (Lipinski definition) is 1. The molecule has 1 N–H and O–H groups in total. The van der Waals surface area contributed by atoms with Gasteiger partial charge in [0.2, 0.25) is 0 Å². The van der Waals surface area contributed by atoms with Gasteiger partial charge in [0.05, 0.1) is 0 Å². The Morgan fingerprint density at radius 2 is 1.71 bits per heavy atom. The first-order valence-electron chi connectivity index (χ1n) is 7.70. The van der Waals surface area contributed by atoms with Gasteiger partial charge in [-0.3, -0.25) is 0 Å². The zero-order valence-electron chi connectivity index (χ0n) is 10.9. The fraction of sp³-hybridized carbons (Fsp3) is 0.875. The highest BCUT2D eigenvalue weighted by molar-refractivity contribution is 5.12. The van der Waals surface area contributed by atoms with Gasteiger partial charge in [-0.2, -0.15) is 0 Å². The fourth-order valence-electron chi connectivity index (χ4n) is 5.66. The average Bonchev–Trinajstić information content (AvgIpc) is 2.77. The lowest BCUT2D eigenvalue weighted by molar-refractivity contribution is -0.0507. The summed E-state index contributed by atoms with van der Waals surface area (Å²) in [5, 5.41) is 3.46. The predicted molar refractivity (Wildman–Crippen MR) is 70.8 cm³/mol. The maximum atomic E-state index is 3.46. The number of allylic oxidation sites excluding steroid dienone is 1. The number of rotatable bonds is 2. The Labute approximate surface area is 105 Å². The topological polar surface area (TPSA) is 12.0 Å². The van der Waals surface area contributed by atoms with Crippen LogP contribution in [0, 0.1) is 23.2 Å². The molecule has 5 fully saturated rings. The van der Waals surface area contributed by atoms with E-state index in [4.69, 9.17) is 0 Å². The summed E-state index contributed by atoms with van der Waals surface area (Å²) in [6.45, 7) is 2.39. The van der Waals surface area contributed by atoms with Gasteiger partial charge >= 0.3 is 0 Å². The minimum atomic E-state index is 0.754. The average molecular weight is 231 g/mol. The summed E-state index contributed by atoms with van der Waals surface area (Å²) in [5.74, 6) is 3.34. The van der Waals surface area contributed by atoms with Gasteiger partial charge < -0.3 is 5.32 Å². The fourth-order valence-corrected chi connectivity index (χ4v) is 5.66. The van der Waals surface area contributed by atoms with Gasteiger partial charge in [-0.1, -0.05) is 11.6 Å². The molecule has 0 radical (unpaired) electrons. The van der Waals surface area contributed by atoms with Crippen molar-refractivity contribution in [2.75, 3.05) is 13.1 Å². The summed E-state index contributed by atoms with van der Waals surface area (Å²) < 4.78 is 0. The molecular weight excluding hydrogens is 206 g/mol. The van der Waals surface area contributed by atoms with E-state index in [1.807, 2.05) is 0 Å². The summed E-state index contributed by atoms with van der Waals surface area (Å²) in [4.78, 5) is 0. The smallest absolute Gasteiger partial charge is 0.0165 e. The van der Waals surface area contributed by atoms with Gasteiger partial charge in [0.15, 0.2) is 0 Å². The molecule has 0 spiro atoms. The molecule has 1 nitrogen and oxygen atoms in total. The Morgan fingerprint density at radius 1 is 1.06 bits per heavy atom. The van der Waals surface area contributed by atoms with Crippen molar-refractivity contribution < 1.29 is 0 Å². The van der Waals surface area contributed by atoms with Crippen molar-refractivity contribution in [1.82, 2.24) is 5.32 Å². The molecule has 4 aliphatic carbocycles. The number of nitrogens with one attached hydrogen (secondary N) is 1. The summed E-state index contributed by atoms with van der Waals surface area (Å²) >= 11 is 0. The Bertz CT molecular complexity index is 298. The van der Waals surface area contributed by atoms with Gasteiger partial charge in [-0.25, -0.2) is 0 Å². The zero-order valence-corrected chi connectivity index (χ0v) is 10.9. The van der Waals surface area contributed by atoms with Crippen LogP contribution in [0.5, 0.6) is 0 Å². The third-order valence-electron chi connectivity index (χ3n) is 5.96. The molecule has 1 aliphatic heterocycles. The highest BCUT2D eigenvalue weighted by atomic mass is 14.9. The minimum Gasteiger partial charge on any atom is -0.313 e. The van der Waals surface area contributed by atoms with Crippen molar-refractivity contribution in [2.24, 2.45) is 23.2 Å². The Kier molecular flexibility index (Phi) is 2.40. The van der Waals surface area contributed by atoms with Crippen LogP contribution < -0.4 is 5.32 Å². The van der Waals surface area contributed by atoms with E-state index in [2.05, 4.69) is 11.4 Å². The third-order valence-corrected chi connectivity index (χ3v) is 5.96. The first-order chi connectivity index (χ1) is 8.31. The molecule has 4 bridgehead atoms. The van der Waals surface area contributed by atoms with Gasteiger partial charge in [-0.15, -0.1) is 0 Å². The first-order valence-corrected chi connectivity index (χ1v) is 7.70. The molecule has 0 atom stereocenters. The van der Waals surface area contributed by atoms with Gasteiger partial charge in [0.25, 0.3) is 0 Å². The van der Waals surface area contributed by atoms with E-state index >= 15 is 0 Å². The maximum Gasteiger partial charge on any atom is 0.0165 e. The van der Waals surface area contributed by atoms with Crippen molar-refractivity contribution in [3.05, 3.63) is 11.6 Å². The highest BCUT2D eigenvalue weighted by Crippen LogP contribution is 2.61. The van der Waals surface area contributed by atoms with Crippen LogP contribution in [0.2, 0.25) is 0 Å². The van der Waals surface area contributed by atoms with Gasteiger partial charge in [-0.05, 0) is 81.1 Å². The van der Waals surface area contributed by atoms with Crippen molar-refractivity contribution in [3.63, 3.8) is 0 Å². The van der Waals surface area contributed by atoms with Crippen LogP contribution in [0.4, 0.5) is 0 Å². The number of hydrogen-bond acceptors (Lipinski definition) is 1. The molecule has 0 amide bonds. The molecule has 1 heterocycles.